The lowest BCUT2D eigenvalue weighted by molar-refractivity contribution is -0.147. The number of carbonyl (C=O) groups is 4. The van der Waals surface area contributed by atoms with Crippen LogP contribution < -0.4 is 10.6 Å². The van der Waals surface area contributed by atoms with Crippen LogP contribution >= 0.6 is 0 Å². The highest BCUT2D eigenvalue weighted by Gasteiger charge is 2.56. The van der Waals surface area contributed by atoms with E-state index in [-0.39, 0.29) is 44.6 Å². The zero-order valence-electron chi connectivity index (χ0n) is 21.3. The van der Waals surface area contributed by atoms with Crippen molar-refractivity contribution in [1.29, 1.82) is 0 Å². The number of rotatable bonds is 10. The summed E-state index contributed by atoms with van der Waals surface area (Å²) in [5.74, 6) is -5.85. The number of hydrogen-bond donors (Lipinski definition) is 2. The highest BCUT2D eigenvalue weighted by molar-refractivity contribution is 6.38. The Balaban J connectivity index is 1.44. The topological polar surface area (TPSA) is 108 Å². The van der Waals surface area contributed by atoms with E-state index in [1.807, 2.05) is 6.07 Å². The number of nitrogens with one attached hydrogen (secondary N) is 2. The van der Waals surface area contributed by atoms with E-state index in [4.69, 9.17) is 0 Å². The minimum atomic E-state index is -2.76. The van der Waals surface area contributed by atoms with E-state index >= 15 is 0 Å². The number of amides is 3. The molecule has 0 spiro atoms. The molecular weight excluding hydrogens is 494 g/mol. The highest BCUT2D eigenvalue weighted by atomic mass is 19.3. The molecular formula is C28H32F2N4O4. The number of carbonyl (C=O) groups excluding carboxylic acids is 4. The lowest BCUT2D eigenvalue weighted by Gasteiger charge is -2.34. The Morgan fingerprint density at radius 1 is 1.00 bits per heavy atom. The zero-order valence-corrected chi connectivity index (χ0v) is 21.3. The van der Waals surface area contributed by atoms with Gasteiger partial charge in [-0.15, -0.1) is 0 Å². The van der Waals surface area contributed by atoms with Crippen molar-refractivity contribution in [2.45, 2.75) is 69.0 Å². The molecule has 2 aliphatic rings. The quantitative estimate of drug-likeness (QED) is 0.463. The maximum absolute atomic E-state index is 13.6. The van der Waals surface area contributed by atoms with Crippen LogP contribution in [0.25, 0.3) is 0 Å². The predicted octanol–water partition coefficient (Wildman–Crippen LogP) is 2.81. The molecule has 2 saturated carbocycles. The molecule has 2 aromatic rings. The van der Waals surface area contributed by atoms with E-state index in [0.29, 0.717) is 18.5 Å². The minimum absolute atomic E-state index is 0.0546. The molecule has 0 unspecified atom stereocenters. The van der Waals surface area contributed by atoms with Gasteiger partial charge in [-0.1, -0.05) is 36.4 Å². The molecule has 2 aliphatic carbocycles. The summed E-state index contributed by atoms with van der Waals surface area (Å²) in [6.07, 6.45) is 1.89. The molecule has 1 heterocycles. The van der Waals surface area contributed by atoms with Crippen LogP contribution in [0.4, 0.5) is 8.78 Å². The molecule has 1 aromatic heterocycles. The number of alkyl halides is 2. The Labute approximate surface area is 220 Å². The van der Waals surface area contributed by atoms with Gasteiger partial charge in [0, 0.05) is 38.4 Å². The van der Waals surface area contributed by atoms with E-state index in [1.54, 1.807) is 48.7 Å². The average molecular weight is 527 g/mol. The SMILES string of the molecule is CN(C(=O)C1CCC(F)(F)CC1)C1(C(=O)N[C@H](Cc2ccccc2)C(=O)C(=O)NCc2ccccn2)CC1. The summed E-state index contributed by atoms with van der Waals surface area (Å²) in [7, 11) is 1.51. The fraction of sp³-hybridized carbons (Fsp3) is 0.464. The summed E-state index contributed by atoms with van der Waals surface area (Å²) in [5, 5.41) is 5.28. The normalized spacial score (nSPS) is 18.6. The van der Waals surface area contributed by atoms with Crippen molar-refractivity contribution in [3.8, 4) is 0 Å². The van der Waals surface area contributed by atoms with Gasteiger partial charge in [0.2, 0.25) is 23.5 Å². The third kappa shape index (κ3) is 6.41. The Morgan fingerprint density at radius 3 is 2.26 bits per heavy atom. The van der Waals surface area contributed by atoms with Crippen LogP contribution in [0.15, 0.2) is 54.7 Å². The highest BCUT2D eigenvalue weighted by Crippen LogP contribution is 2.44. The van der Waals surface area contributed by atoms with Crippen LogP contribution in [0.5, 0.6) is 0 Å². The number of hydrogen-bond acceptors (Lipinski definition) is 5. The second kappa shape index (κ2) is 11.4. The van der Waals surface area contributed by atoms with Crippen LogP contribution in [0.2, 0.25) is 0 Å². The minimum Gasteiger partial charge on any atom is -0.344 e. The summed E-state index contributed by atoms with van der Waals surface area (Å²) in [6, 6.07) is 13.1. The maximum atomic E-state index is 13.6. The Kier molecular flexibility index (Phi) is 8.18. The van der Waals surface area contributed by atoms with Crippen LogP contribution in [0.3, 0.4) is 0 Å². The number of nitrogens with zero attached hydrogens (tertiary/aromatic N) is 2. The first-order chi connectivity index (χ1) is 18.1. The Hall–Kier alpha value is -3.69. The lowest BCUT2D eigenvalue weighted by atomic mass is 9.85. The molecule has 38 heavy (non-hydrogen) atoms. The van der Waals surface area contributed by atoms with Crippen LogP contribution in [0.1, 0.15) is 49.8 Å². The first kappa shape index (κ1) is 27.3. The van der Waals surface area contributed by atoms with Gasteiger partial charge in [0.1, 0.15) is 11.6 Å². The predicted molar refractivity (Wildman–Crippen MR) is 135 cm³/mol. The van der Waals surface area contributed by atoms with Crippen molar-refractivity contribution in [3.63, 3.8) is 0 Å². The van der Waals surface area contributed by atoms with E-state index in [9.17, 15) is 28.0 Å². The monoisotopic (exact) mass is 526 g/mol. The Morgan fingerprint density at radius 2 is 1.66 bits per heavy atom. The standard InChI is InChI=1S/C28H32F2N4O4/c1-34(25(37)20-10-12-28(29,30)13-11-20)27(14-15-27)26(38)33-22(17-19-7-3-2-4-8-19)23(35)24(36)32-18-21-9-5-6-16-31-21/h2-9,16,20,22H,10-15,17-18H2,1H3,(H,32,36)(H,33,38)/t22-/m1/s1. The molecule has 2 N–H and O–H groups in total. The largest absolute Gasteiger partial charge is 0.344 e. The molecule has 202 valence electrons. The summed E-state index contributed by atoms with van der Waals surface area (Å²) in [4.78, 5) is 57.9. The maximum Gasteiger partial charge on any atom is 0.289 e. The number of pyridine rings is 1. The summed E-state index contributed by atoms with van der Waals surface area (Å²) in [5.41, 5.74) is 0.174. The van der Waals surface area contributed by atoms with Crippen molar-refractivity contribution < 1.29 is 28.0 Å². The van der Waals surface area contributed by atoms with Crippen molar-refractivity contribution in [2.24, 2.45) is 5.92 Å². The number of likely N-dealkylation sites (N-methyl/N-ethyl adjacent to an activating group) is 1. The first-order valence-electron chi connectivity index (χ1n) is 12.8. The third-order valence-electron chi connectivity index (χ3n) is 7.47. The molecule has 0 radical (unpaired) electrons. The smallest absolute Gasteiger partial charge is 0.289 e. The van der Waals surface area contributed by atoms with Crippen molar-refractivity contribution in [1.82, 2.24) is 20.5 Å². The van der Waals surface area contributed by atoms with Gasteiger partial charge in [-0.25, -0.2) is 8.78 Å². The number of benzene rings is 1. The van der Waals surface area contributed by atoms with Gasteiger partial charge in [0.05, 0.1) is 12.2 Å². The second-order valence-corrected chi connectivity index (χ2v) is 10.1. The van der Waals surface area contributed by atoms with Gasteiger partial charge in [-0.05, 0) is 43.4 Å². The van der Waals surface area contributed by atoms with Gasteiger partial charge >= 0.3 is 0 Å². The van der Waals surface area contributed by atoms with Crippen LogP contribution in [-0.2, 0) is 32.1 Å². The molecule has 4 rings (SSSR count). The average Bonchev–Trinajstić information content (AvgIpc) is 3.73. The van der Waals surface area contributed by atoms with Gasteiger partial charge in [-0.3, -0.25) is 24.2 Å². The van der Waals surface area contributed by atoms with Crippen LogP contribution in [0, 0.1) is 5.92 Å². The van der Waals surface area contributed by atoms with E-state index in [0.717, 1.165) is 5.56 Å². The van der Waals surface area contributed by atoms with Crippen molar-refractivity contribution in [2.75, 3.05) is 7.05 Å². The Bertz CT molecular complexity index is 1160. The fourth-order valence-corrected chi connectivity index (χ4v) is 4.88. The third-order valence-corrected chi connectivity index (χ3v) is 7.47. The number of halogens is 2. The van der Waals surface area contributed by atoms with E-state index in [2.05, 4.69) is 15.6 Å². The molecule has 0 bridgehead atoms. The summed E-state index contributed by atoms with van der Waals surface area (Å²) < 4.78 is 27.1. The van der Waals surface area contributed by atoms with E-state index in [1.165, 1.54) is 11.9 Å². The second-order valence-electron chi connectivity index (χ2n) is 10.1. The summed E-state index contributed by atoms with van der Waals surface area (Å²) >= 11 is 0. The number of aromatic nitrogens is 1. The van der Waals surface area contributed by atoms with Crippen molar-refractivity contribution in [3.05, 3.63) is 66.0 Å². The van der Waals surface area contributed by atoms with Gasteiger partial charge < -0.3 is 15.5 Å². The van der Waals surface area contributed by atoms with Crippen LogP contribution in [-0.4, -0.2) is 57.9 Å². The first-order valence-corrected chi connectivity index (χ1v) is 12.8. The summed E-state index contributed by atoms with van der Waals surface area (Å²) in [6.45, 7) is 0.0546. The van der Waals surface area contributed by atoms with Gasteiger partial charge in [0.15, 0.2) is 0 Å². The fourth-order valence-electron chi connectivity index (χ4n) is 4.88. The molecule has 10 heteroatoms. The number of ketones is 1. The molecule has 8 nitrogen and oxygen atoms in total. The molecule has 1 atom stereocenters. The molecule has 2 fully saturated rings. The van der Waals surface area contributed by atoms with Gasteiger partial charge in [-0.2, -0.15) is 0 Å². The zero-order chi connectivity index (χ0) is 27.3. The van der Waals surface area contributed by atoms with E-state index < -0.39 is 41.0 Å². The lowest BCUT2D eigenvalue weighted by Crippen LogP contribution is -2.57. The number of Topliss-reactive ketones (excluding diaryl/α,β-unsaturated/α-hetero) is 1. The van der Waals surface area contributed by atoms with Crippen molar-refractivity contribution >= 4 is 23.5 Å². The molecule has 0 saturated heterocycles. The molecule has 0 aliphatic heterocycles. The van der Waals surface area contributed by atoms with Gasteiger partial charge in [0.25, 0.3) is 5.91 Å². The molecule has 1 aromatic carbocycles. The molecule has 3 amide bonds.